The van der Waals surface area contributed by atoms with Crippen LogP contribution in [0.25, 0.3) is 0 Å². The van der Waals surface area contributed by atoms with Crippen molar-refractivity contribution in [3.8, 4) is 0 Å². The summed E-state index contributed by atoms with van der Waals surface area (Å²) >= 11 is 0. The van der Waals surface area contributed by atoms with Gasteiger partial charge in [0.2, 0.25) is 0 Å². The van der Waals surface area contributed by atoms with Crippen molar-refractivity contribution in [3.63, 3.8) is 0 Å². The van der Waals surface area contributed by atoms with Crippen LogP contribution in [0.4, 0.5) is 5.69 Å². The van der Waals surface area contributed by atoms with Gasteiger partial charge in [-0.1, -0.05) is 6.92 Å². The molecule has 1 aromatic rings. The van der Waals surface area contributed by atoms with Crippen LogP contribution in [-0.2, 0) is 11.2 Å². The summed E-state index contributed by atoms with van der Waals surface area (Å²) in [5.74, 6) is -0.232. The van der Waals surface area contributed by atoms with Gasteiger partial charge in [0.25, 0.3) is 5.91 Å². The van der Waals surface area contributed by atoms with E-state index in [-0.39, 0.29) is 17.6 Å². The quantitative estimate of drug-likeness (QED) is 0.677. The standard InChI is InChI=1S/C10H16N4O2/c1-2-7-8(11)9(14-13-7)10(15)12-6-3-4-16-5-6/h6H,2-5,11H2,1H3,(H,12,15)(H,13,14). The van der Waals surface area contributed by atoms with Crippen LogP contribution in [0.2, 0.25) is 0 Å². The zero-order chi connectivity index (χ0) is 11.5. The highest BCUT2D eigenvalue weighted by Gasteiger charge is 2.22. The number of anilines is 1. The van der Waals surface area contributed by atoms with E-state index < -0.39 is 0 Å². The molecule has 88 valence electrons. The summed E-state index contributed by atoms with van der Waals surface area (Å²) in [6.07, 6.45) is 1.58. The number of H-pyrrole nitrogens is 1. The number of rotatable bonds is 3. The third-order valence-electron chi connectivity index (χ3n) is 2.72. The number of aryl methyl sites for hydroxylation is 1. The molecule has 16 heavy (non-hydrogen) atoms. The van der Waals surface area contributed by atoms with Gasteiger partial charge in [0.15, 0.2) is 5.69 Å². The van der Waals surface area contributed by atoms with E-state index in [1.165, 1.54) is 0 Å². The van der Waals surface area contributed by atoms with Gasteiger partial charge in [-0.2, -0.15) is 5.10 Å². The molecular formula is C10H16N4O2. The van der Waals surface area contributed by atoms with Crippen LogP contribution in [-0.4, -0.2) is 35.4 Å². The van der Waals surface area contributed by atoms with Crippen molar-refractivity contribution < 1.29 is 9.53 Å². The molecular weight excluding hydrogens is 208 g/mol. The Kier molecular flexibility index (Phi) is 3.09. The lowest BCUT2D eigenvalue weighted by atomic mass is 10.2. The molecule has 0 aliphatic carbocycles. The summed E-state index contributed by atoms with van der Waals surface area (Å²) < 4.78 is 5.18. The summed E-state index contributed by atoms with van der Waals surface area (Å²) in [6.45, 7) is 3.22. The van der Waals surface area contributed by atoms with Gasteiger partial charge in [0.05, 0.1) is 24.0 Å². The number of amides is 1. The number of hydrogen-bond acceptors (Lipinski definition) is 4. The molecule has 1 amide bonds. The summed E-state index contributed by atoms with van der Waals surface area (Å²) in [6, 6.07) is 0.0775. The highest BCUT2D eigenvalue weighted by atomic mass is 16.5. The van der Waals surface area contributed by atoms with Crippen molar-refractivity contribution in [1.29, 1.82) is 0 Å². The average Bonchev–Trinajstić information content (AvgIpc) is 2.87. The fourth-order valence-electron chi connectivity index (χ4n) is 1.73. The van der Waals surface area contributed by atoms with Crippen LogP contribution in [0.5, 0.6) is 0 Å². The number of ether oxygens (including phenoxy) is 1. The number of hydrogen-bond donors (Lipinski definition) is 3. The highest BCUT2D eigenvalue weighted by molar-refractivity contribution is 5.97. The fraction of sp³-hybridized carbons (Fsp3) is 0.600. The molecule has 1 atom stereocenters. The normalized spacial score (nSPS) is 19.9. The average molecular weight is 224 g/mol. The maximum absolute atomic E-state index is 11.8. The lowest BCUT2D eigenvalue weighted by Gasteiger charge is -2.09. The van der Waals surface area contributed by atoms with Crippen molar-refractivity contribution >= 4 is 11.6 Å². The van der Waals surface area contributed by atoms with E-state index in [2.05, 4.69) is 15.5 Å². The SMILES string of the molecule is CCc1[nH]nc(C(=O)NC2CCOC2)c1N. The van der Waals surface area contributed by atoms with Crippen molar-refractivity contribution in [1.82, 2.24) is 15.5 Å². The Balaban J connectivity index is 2.05. The number of carbonyl (C=O) groups is 1. The third kappa shape index (κ3) is 2.01. The Morgan fingerprint density at radius 2 is 2.56 bits per heavy atom. The van der Waals surface area contributed by atoms with E-state index in [4.69, 9.17) is 10.5 Å². The van der Waals surface area contributed by atoms with Crippen molar-refractivity contribution in [2.75, 3.05) is 18.9 Å². The van der Waals surface area contributed by atoms with Crippen LogP contribution >= 0.6 is 0 Å². The van der Waals surface area contributed by atoms with Gasteiger partial charge in [-0.15, -0.1) is 0 Å². The Labute approximate surface area is 93.5 Å². The van der Waals surface area contributed by atoms with Gasteiger partial charge in [-0.05, 0) is 12.8 Å². The smallest absolute Gasteiger partial charge is 0.274 e. The second-order valence-electron chi connectivity index (χ2n) is 3.85. The van der Waals surface area contributed by atoms with E-state index in [0.717, 1.165) is 18.5 Å². The first kappa shape index (κ1) is 10.9. The number of aromatic amines is 1. The maximum Gasteiger partial charge on any atom is 0.274 e. The number of nitrogen functional groups attached to an aromatic ring is 1. The predicted octanol–water partition coefficient (Wildman–Crippen LogP) is 0.0730. The largest absolute Gasteiger partial charge is 0.395 e. The third-order valence-corrected chi connectivity index (χ3v) is 2.72. The molecule has 0 radical (unpaired) electrons. The van der Waals surface area contributed by atoms with Crippen molar-refractivity contribution in [3.05, 3.63) is 11.4 Å². The first-order valence-corrected chi connectivity index (χ1v) is 5.43. The zero-order valence-corrected chi connectivity index (χ0v) is 9.25. The summed E-state index contributed by atoms with van der Waals surface area (Å²) in [5.41, 5.74) is 7.33. The second-order valence-corrected chi connectivity index (χ2v) is 3.85. The van der Waals surface area contributed by atoms with E-state index >= 15 is 0 Å². The zero-order valence-electron chi connectivity index (χ0n) is 9.25. The molecule has 0 spiro atoms. The summed E-state index contributed by atoms with van der Waals surface area (Å²) in [7, 11) is 0. The van der Waals surface area contributed by atoms with Gasteiger partial charge >= 0.3 is 0 Å². The molecule has 1 saturated heterocycles. The minimum atomic E-state index is -0.232. The fourth-order valence-corrected chi connectivity index (χ4v) is 1.73. The molecule has 1 unspecified atom stereocenters. The van der Waals surface area contributed by atoms with Gasteiger partial charge in [0.1, 0.15) is 0 Å². The number of nitrogens with two attached hydrogens (primary N) is 1. The van der Waals surface area contributed by atoms with Gasteiger partial charge < -0.3 is 15.8 Å². The molecule has 1 aliphatic rings. The van der Waals surface area contributed by atoms with Gasteiger partial charge in [-0.3, -0.25) is 9.89 Å². The molecule has 1 aliphatic heterocycles. The van der Waals surface area contributed by atoms with E-state index in [0.29, 0.717) is 18.9 Å². The molecule has 6 heteroatoms. The van der Waals surface area contributed by atoms with Crippen LogP contribution in [0.3, 0.4) is 0 Å². The monoisotopic (exact) mass is 224 g/mol. The van der Waals surface area contributed by atoms with Crippen LogP contribution < -0.4 is 11.1 Å². The Morgan fingerprint density at radius 3 is 3.12 bits per heavy atom. The molecule has 2 rings (SSSR count). The van der Waals surface area contributed by atoms with E-state index in [9.17, 15) is 4.79 Å². The first-order chi connectivity index (χ1) is 7.72. The summed E-state index contributed by atoms with van der Waals surface area (Å²) in [4.78, 5) is 11.8. The molecule has 0 saturated carbocycles. The van der Waals surface area contributed by atoms with Gasteiger partial charge in [0, 0.05) is 6.61 Å². The minimum absolute atomic E-state index is 0.0775. The summed E-state index contributed by atoms with van der Waals surface area (Å²) in [5, 5.41) is 9.54. The lowest BCUT2D eigenvalue weighted by molar-refractivity contribution is 0.0925. The van der Waals surface area contributed by atoms with E-state index in [1.807, 2.05) is 6.92 Å². The number of aromatic nitrogens is 2. The second kappa shape index (κ2) is 4.52. The van der Waals surface area contributed by atoms with E-state index in [1.54, 1.807) is 0 Å². The molecule has 2 heterocycles. The Bertz CT molecular complexity index is 382. The van der Waals surface area contributed by atoms with Crippen LogP contribution in [0.1, 0.15) is 29.5 Å². The van der Waals surface area contributed by atoms with Crippen LogP contribution in [0.15, 0.2) is 0 Å². The maximum atomic E-state index is 11.8. The number of nitrogens with zero attached hydrogens (tertiary/aromatic N) is 1. The van der Waals surface area contributed by atoms with Crippen molar-refractivity contribution in [2.24, 2.45) is 0 Å². The first-order valence-electron chi connectivity index (χ1n) is 5.43. The minimum Gasteiger partial charge on any atom is -0.395 e. The predicted molar refractivity (Wildman–Crippen MR) is 59.1 cm³/mol. The highest BCUT2D eigenvalue weighted by Crippen LogP contribution is 2.15. The molecule has 1 aromatic heterocycles. The van der Waals surface area contributed by atoms with Crippen molar-refractivity contribution in [2.45, 2.75) is 25.8 Å². The Morgan fingerprint density at radius 1 is 1.75 bits per heavy atom. The van der Waals surface area contributed by atoms with Crippen LogP contribution in [0, 0.1) is 0 Å². The topological polar surface area (TPSA) is 93.0 Å². The number of carbonyl (C=O) groups excluding carboxylic acids is 1. The molecule has 4 N–H and O–H groups in total. The molecule has 0 bridgehead atoms. The number of nitrogens with one attached hydrogen (secondary N) is 2. The molecule has 1 fully saturated rings. The molecule has 0 aromatic carbocycles. The molecule has 6 nitrogen and oxygen atoms in total. The van der Waals surface area contributed by atoms with Gasteiger partial charge in [-0.25, -0.2) is 0 Å². The lowest BCUT2D eigenvalue weighted by Crippen LogP contribution is -2.35. The Hall–Kier alpha value is -1.56.